The topological polar surface area (TPSA) is 29.1 Å². The van der Waals surface area contributed by atoms with Gasteiger partial charge >= 0.3 is 0 Å². The van der Waals surface area contributed by atoms with E-state index in [1.54, 1.807) is 11.8 Å². The van der Waals surface area contributed by atoms with Crippen LogP contribution < -0.4 is 5.32 Å². The average molecular weight is 249 g/mol. The van der Waals surface area contributed by atoms with Crippen LogP contribution in [-0.4, -0.2) is 17.7 Å². The Morgan fingerprint density at radius 1 is 1.35 bits per heavy atom. The normalized spacial score (nSPS) is 23.6. The number of hydrogen-bond acceptors (Lipinski definition) is 2. The summed E-state index contributed by atoms with van der Waals surface area (Å²) in [6, 6.07) is 10.5. The van der Waals surface area contributed by atoms with Crippen molar-refractivity contribution < 1.29 is 4.79 Å². The zero-order valence-corrected chi connectivity index (χ0v) is 11.0. The van der Waals surface area contributed by atoms with Crippen LogP contribution in [0.3, 0.4) is 0 Å². The van der Waals surface area contributed by atoms with Crippen molar-refractivity contribution >= 4 is 17.7 Å². The molecule has 0 aliphatic heterocycles. The van der Waals surface area contributed by atoms with Crippen LogP contribution >= 0.6 is 11.8 Å². The smallest absolute Gasteiger partial charge is 0.230 e. The molecule has 0 spiro atoms. The van der Waals surface area contributed by atoms with Crippen LogP contribution in [0.15, 0.2) is 35.2 Å². The summed E-state index contributed by atoms with van der Waals surface area (Å²) >= 11 is 1.60. The van der Waals surface area contributed by atoms with Crippen molar-refractivity contribution in [1.82, 2.24) is 5.32 Å². The van der Waals surface area contributed by atoms with Gasteiger partial charge in [0.25, 0.3) is 0 Å². The lowest BCUT2D eigenvalue weighted by Crippen LogP contribution is -2.34. The number of benzene rings is 1. The van der Waals surface area contributed by atoms with Crippen LogP contribution in [0.25, 0.3) is 0 Å². The predicted octanol–water partition coefficient (Wildman–Crippen LogP) is 3.08. The zero-order valence-electron chi connectivity index (χ0n) is 10.2. The molecule has 1 aliphatic rings. The first kappa shape index (κ1) is 12.5. The third kappa shape index (κ3) is 4.08. The average Bonchev–Trinajstić information content (AvgIpc) is 2.73. The molecule has 1 fully saturated rings. The molecule has 17 heavy (non-hydrogen) atoms. The minimum atomic E-state index is 0.165. The van der Waals surface area contributed by atoms with Gasteiger partial charge in [-0.2, -0.15) is 0 Å². The van der Waals surface area contributed by atoms with Crippen LogP contribution in [0.2, 0.25) is 0 Å². The predicted molar refractivity (Wildman–Crippen MR) is 72.1 cm³/mol. The van der Waals surface area contributed by atoms with Gasteiger partial charge in [0.1, 0.15) is 0 Å². The van der Waals surface area contributed by atoms with E-state index < -0.39 is 0 Å². The summed E-state index contributed by atoms with van der Waals surface area (Å²) < 4.78 is 0. The summed E-state index contributed by atoms with van der Waals surface area (Å²) in [4.78, 5) is 12.9. The van der Waals surface area contributed by atoms with E-state index in [0.717, 1.165) is 23.7 Å². The van der Waals surface area contributed by atoms with Crippen LogP contribution in [0.4, 0.5) is 0 Å². The number of carbonyl (C=O) groups is 1. The largest absolute Gasteiger partial charge is 0.353 e. The second-order valence-electron chi connectivity index (χ2n) is 4.78. The van der Waals surface area contributed by atoms with Crippen molar-refractivity contribution in [3.63, 3.8) is 0 Å². The van der Waals surface area contributed by atoms with Gasteiger partial charge in [0.15, 0.2) is 0 Å². The number of rotatable bonds is 4. The van der Waals surface area contributed by atoms with Gasteiger partial charge in [-0.1, -0.05) is 25.1 Å². The zero-order chi connectivity index (χ0) is 12.1. The minimum Gasteiger partial charge on any atom is -0.353 e. The summed E-state index contributed by atoms with van der Waals surface area (Å²) in [5.41, 5.74) is 0. The van der Waals surface area contributed by atoms with Crippen molar-refractivity contribution in [2.45, 2.75) is 37.1 Å². The molecule has 2 unspecified atom stereocenters. The van der Waals surface area contributed by atoms with Gasteiger partial charge in [0.05, 0.1) is 5.75 Å². The fourth-order valence-corrected chi connectivity index (χ4v) is 3.00. The van der Waals surface area contributed by atoms with E-state index in [4.69, 9.17) is 0 Å². The third-order valence-corrected chi connectivity index (χ3v) is 4.19. The molecule has 92 valence electrons. The van der Waals surface area contributed by atoms with Crippen LogP contribution in [-0.2, 0) is 4.79 Å². The van der Waals surface area contributed by atoms with Crippen molar-refractivity contribution in [2.75, 3.05) is 5.75 Å². The molecule has 1 amide bonds. The molecule has 1 aliphatic carbocycles. The van der Waals surface area contributed by atoms with E-state index in [-0.39, 0.29) is 5.91 Å². The van der Waals surface area contributed by atoms with E-state index >= 15 is 0 Å². The molecule has 1 aromatic carbocycles. The Labute approximate surface area is 107 Å². The maximum absolute atomic E-state index is 11.7. The monoisotopic (exact) mass is 249 g/mol. The summed E-state index contributed by atoms with van der Waals surface area (Å²) in [5, 5.41) is 3.12. The van der Waals surface area contributed by atoms with Gasteiger partial charge in [-0.25, -0.2) is 0 Å². The van der Waals surface area contributed by atoms with Crippen molar-refractivity contribution in [2.24, 2.45) is 5.92 Å². The summed E-state index contributed by atoms with van der Waals surface area (Å²) in [7, 11) is 0. The van der Waals surface area contributed by atoms with E-state index in [1.165, 1.54) is 6.42 Å². The van der Waals surface area contributed by atoms with E-state index in [2.05, 4.69) is 12.2 Å². The quantitative estimate of drug-likeness (QED) is 0.831. The molecule has 0 aromatic heterocycles. The molecular formula is C14H19NOS. The number of thioether (sulfide) groups is 1. The van der Waals surface area contributed by atoms with Gasteiger partial charge in [0, 0.05) is 10.9 Å². The van der Waals surface area contributed by atoms with Gasteiger partial charge in [0.2, 0.25) is 5.91 Å². The molecule has 0 bridgehead atoms. The van der Waals surface area contributed by atoms with E-state index in [1.807, 2.05) is 30.3 Å². The van der Waals surface area contributed by atoms with Crippen LogP contribution in [0, 0.1) is 5.92 Å². The Hall–Kier alpha value is -0.960. The minimum absolute atomic E-state index is 0.165. The van der Waals surface area contributed by atoms with Crippen molar-refractivity contribution in [1.29, 1.82) is 0 Å². The molecule has 0 saturated heterocycles. The highest BCUT2D eigenvalue weighted by Gasteiger charge is 2.22. The highest BCUT2D eigenvalue weighted by molar-refractivity contribution is 8.00. The van der Waals surface area contributed by atoms with Crippen molar-refractivity contribution in [3.8, 4) is 0 Å². The van der Waals surface area contributed by atoms with E-state index in [0.29, 0.717) is 11.8 Å². The van der Waals surface area contributed by atoms with Gasteiger partial charge in [-0.15, -0.1) is 11.8 Å². The second kappa shape index (κ2) is 6.10. The number of amides is 1. The van der Waals surface area contributed by atoms with Crippen molar-refractivity contribution in [3.05, 3.63) is 30.3 Å². The molecule has 2 nitrogen and oxygen atoms in total. The molecule has 1 aromatic rings. The first-order chi connectivity index (χ1) is 8.24. The molecular weight excluding hydrogens is 230 g/mol. The SMILES string of the molecule is CC1CCC(NC(=O)CSc2ccccc2)C1. The second-order valence-corrected chi connectivity index (χ2v) is 5.83. The number of carbonyl (C=O) groups excluding carboxylic acids is 1. The maximum atomic E-state index is 11.7. The lowest BCUT2D eigenvalue weighted by atomic mass is 10.1. The Morgan fingerprint density at radius 3 is 2.76 bits per heavy atom. The van der Waals surface area contributed by atoms with Gasteiger partial charge in [-0.3, -0.25) is 4.79 Å². The van der Waals surface area contributed by atoms with Crippen LogP contribution in [0.5, 0.6) is 0 Å². The lowest BCUT2D eigenvalue weighted by Gasteiger charge is -2.12. The first-order valence-electron chi connectivity index (χ1n) is 6.21. The molecule has 1 N–H and O–H groups in total. The Bertz CT molecular complexity index is 366. The highest BCUT2D eigenvalue weighted by Crippen LogP contribution is 2.24. The Balaban J connectivity index is 1.71. The Morgan fingerprint density at radius 2 is 2.12 bits per heavy atom. The highest BCUT2D eigenvalue weighted by atomic mass is 32.2. The summed E-state index contributed by atoms with van der Waals surface area (Å²) in [6.07, 6.45) is 3.53. The fraction of sp³-hybridized carbons (Fsp3) is 0.500. The molecule has 0 heterocycles. The summed E-state index contributed by atoms with van der Waals surface area (Å²) in [6.45, 7) is 2.25. The van der Waals surface area contributed by atoms with Crippen LogP contribution in [0.1, 0.15) is 26.2 Å². The molecule has 1 saturated carbocycles. The third-order valence-electron chi connectivity index (χ3n) is 3.17. The Kier molecular flexibility index (Phi) is 4.49. The maximum Gasteiger partial charge on any atom is 0.230 e. The molecule has 3 heteroatoms. The molecule has 2 atom stereocenters. The van der Waals surface area contributed by atoms with E-state index in [9.17, 15) is 4.79 Å². The van der Waals surface area contributed by atoms with Gasteiger partial charge in [-0.05, 0) is 37.3 Å². The fourth-order valence-electron chi connectivity index (χ4n) is 2.27. The first-order valence-corrected chi connectivity index (χ1v) is 7.20. The molecule has 2 rings (SSSR count). The standard InChI is InChI=1S/C14H19NOS/c1-11-7-8-12(9-11)15-14(16)10-17-13-5-3-2-4-6-13/h2-6,11-12H,7-10H2,1H3,(H,15,16). The molecule has 0 radical (unpaired) electrons. The summed E-state index contributed by atoms with van der Waals surface area (Å²) in [5.74, 6) is 1.45. The number of hydrogen-bond donors (Lipinski definition) is 1. The van der Waals surface area contributed by atoms with Gasteiger partial charge < -0.3 is 5.32 Å². The lowest BCUT2D eigenvalue weighted by molar-refractivity contribution is -0.119. The number of nitrogens with one attached hydrogen (secondary N) is 1.